The first-order valence-corrected chi connectivity index (χ1v) is 27.7. The van der Waals surface area contributed by atoms with Crippen LogP contribution in [0.25, 0.3) is 0 Å². The molecule has 0 heterocycles. The fraction of sp³-hybridized carbons (Fsp3) is 0.679. The Hall–Kier alpha value is -3.07. The van der Waals surface area contributed by atoms with Gasteiger partial charge in [-0.05, 0) is 96.3 Å². The number of ether oxygens (including phenoxy) is 2. The Morgan fingerprint density at radius 2 is 0.833 bits per heavy atom. The Morgan fingerprint density at radius 3 is 1.26 bits per heavy atom. The summed E-state index contributed by atoms with van der Waals surface area (Å²) in [7, 11) is -4.39. The molecule has 0 aliphatic rings. The molecule has 10 heteroatoms. The highest BCUT2D eigenvalue weighted by Gasteiger charge is 2.26. The van der Waals surface area contributed by atoms with Crippen molar-refractivity contribution in [1.29, 1.82) is 0 Å². The zero-order valence-electron chi connectivity index (χ0n) is 41.9. The Morgan fingerprint density at radius 1 is 0.470 bits per heavy atom. The molecule has 0 saturated carbocycles. The molecule has 66 heavy (non-hydrogen) atoms. The van der Waals surface area contributed by atoms with E-state index in [1.807, 2.05) is 0 Å². The van der Waals surface area contributed by atoms with Gasteiger partial charge in [0.05, 0.1) is 13.2 Å². The number of hydrogen-bond acceptors (Lipinski definition) is 8. The smallest absolute Gasteiger partial charge is 0.462 e. The van der Waals surface area contributed by atoms with E-state index in [2.05, 4.69) is 111 Å². The molecule has 0 spiro atoms. The van der Waals surface area contributed by atoms with Gasteiger partial charge >= 0.3 is 19.8 Å². The average Bonchev–Trinajstić information content (AvgIpc) is 3.31. The van der Waals surface area contributed by atoms with Crippen LogP contribution in [0.5, 0.6) is 0 Å². The van der Waals surface area contributed by atoms with Crippen molar-refractivity contribution < 1.29 is 37.6 Å². The largest absolute Gasteiger partial charge is 0.472 e. The molecule has 0 aliphatic heterocycles. The Balaban J connectivity index is 3.98. The first-order valence-electron chi connectivity index (χ1n) is 26.2. The molecule has 0 aromatic rings. The van der Waals surface area contributed by atoms with E-state index in [0.29, 0.717) is 6.42 Å². The van der Waals surface area contributed by atoms with Gasteiger partial charge in [0.15, 0.2) is 6.10 Å². The molecule has 0 saturated heterocycles. The Bertz CT molecular complexity index is 1400. The molecular weight excluding hydrogens is 846 g/mol. The predicted octanol–water partition coefficient (Wildman–Crippen LogP) is 16.1. The third kappa shape index (κ3) is 50.3. The predicted molar refractivity (Wildman–Crippen MR) is 279 cm³/mol. The third-order valence-corrected chi connectivity index (χ3v) is 11.7. The quantitative estimate of drug-likeness (QED) is 0.0265. The lowest BCUT2D eigenvalue weighted by atomic mass is 10.0. The second-order valence-corrected chi connectivity index (χ2v) is 18.5. The van der Waals surface area contributed by atoms with Crippen molar-refractivity contribution in [2.45, 2.75) is 219 Å². The minimum absolute atomic E-state index is 0.0480. The lowest BCUT2D eigenvalue weighted by Crippen LogP contribution is -2.29. The zero-order valence-corrected chi connectivity index (χ0v) is 42.8. The number of hydrogen-bond donors (Lipinski definition) is 2. The average molecular weight is 942 g/mol. The number of phosphoric ester groups is 1. The topological polar surface area (TPSA) is 134 Å². The zero-order chi connectivity index (χ0) is 48.1. The number of allylic oxidation sites excluding steroid dienone is 16. The van der Waals surface area contributed by atoms with Crippen molar-refractivity contribution in [2.75, 3.05) is 26.4 Å². The third-order valence-electron chi connectivity index (χ3n) is 10.7. The summed E-state index contributed by atoms with van der Waals surface area (Å²) in [4.78, 5) is 35.0. The van der Waals surface area contributed by atoms with Crippen LogP contribution in [-0.2, 0) is 32.7 Å². The van der Waals surface area contributed by atoms with E-state index in [1.54, 1.807) is 0 Å². The fourth-order valence-corrected chi connectivity index (χ4v) is 7.61. The highest BCUT2D eigenvalue weighted by atomic mass is 31.2. The van der Waals surface area contributed by atoms with Crippen LogP contribution in [0.15, 0.2) is 97.2 Å². The molecule has 0 bridgehead atoms. The van der Waals surface area contributed by atoms with Gasteiger partial charge in [-0.25, -0.2) is 4.57 Å². The number of carbonyl (C=O) groups excluding carboxylic acids is 2. The Kier molecular flexibility index (Phi) is 48.9. The lowest BCUT2D eigenvalue weighted by Gasteiger charge is -2.19. The van der Waals surface area contributed by atoms with Crippen molar-refractivity contribution in [2.24, 2.45) is 5.73 Å². The first kappa shape index (κ1) is 62.9. The number of phosphoric acid groups is 1. The molecule has 0 rings (SSSR count). The Labute approximate surface area is 404 Å². The minimum Gasteiger partial charge on any atom is -0.462 e. The molecule has 0 aromatic carbocycles. The van der Waals surface area contributed by atoms with E-state index in [-0.39, 0.29) is 32.6 Å². The van der Waals surface area contributed by atoms with E-state index in [0.717, 1.165) is 109 Å². The van der Waals surface area contributed by atoms with Crippen LogP contribution in [0, 0.1) is 0 Å². The molecule has 0 fully saturated rings. The highest BCUT2D eigenvalue weighted by Crippen LogP contribution is 2.43. The molecule has 0 aliphatic carbocycles. The van der Waals surface area contributed by atoms with Crippen LogP contribution < -0.4 is 5.73 Å². The van der Waals surface area contributed by atoms with Crippen LogP contribution in [0.4, 0.5) is 0 Å². The molecule has 2 unspecified atom stereocenters. The summed E-state index contributed by atoms with van der Waals surface area (Å²) in [5.74, 6) is -0.847. The van der Waals surface area contributed by atoms with Gasteiger partial charge in [0, 0.05) is 19.4 Å². The van der Waals surface area contributed by atoms with E-state index >= 15 is 0 Å². The van der Waals surface area contributed by atoms with Gasteiger partial charge in [0.2, 0.25) is 0 Å². The van der Waals surface area contributed by atoms with Crippen LogP contribution in [-0.4, -0.2) is 49.3 Å². The van der Waals surface area contributed by atoms with Gasteiger partial charge in [-0.3, -0.25) is 18.6 Å². The fourth-order valence-electron chi connectivity index (χ4n) is 6.84. The molecular formula is C56H96NO8P. The highest BCUT2D eigenvalue weighted by molar-refractivity contribution is 7.47. The first-order chi connectivity index (χ1) is 32.3. The van der Waals surface area contributed by atoms with E-state index in [4.69, 9.17) is 24.3 Å². The SMILES string of the molecule is CC/C=C\C/C=C\C/C=C\C/C=C\C/C=C\C/C=C\C/C=C\CCCCCCCCCCCCCC(=O)OC(COC(=O)CCCCCCC/C=C\CCCCC)COP(=O)(O)OCCN. The van der Waals surface area contributed by atoms with Crippen LogP contribution >= 0.6 is 7.82 Å². The molecule has 3 N–H and O–H groups in total. The summed E-state index contributed by atoms with van der Waals surface area (Å²) in [6, 6.07) is 0. The van der Waals surface area contributed by atoms with E-state index in [1.165, 1.54) is 70.6 Å². The van der Waals surface area contributed by atoms with Gasteiger partial charge in [0.25, 0.3) is 0 Å². The standard InChI is InChI=1S/C56H96NO8P/c1-3-5-7-9-11-13-15-17-18-19-20-21-22-23-24-25-26-27-28-29-30-31-32-33-34-35-36-37-39-41-43-45-47-49-56(59)65-54(53-64-66(60,61)63-51-50-57)52-62-55(58)48-46-44-42-40-38-16-14-12-10-8-6-4-2/h5,7,11-14,17-18,20-21,23-24,26-27,29-30,54H,3-4,6,8-10,15-16,19,22,25,28,31-53,57H2,1-2H3,(H,60,61)/b7-5-,13-11-,14-12-,18-17-,21-20-,24-23-,27-26-,30-29-. The maximum Gasteiger partial charge on any atom is 0.472 e. The molecule has 378 valence electrons. The van der Waals surface area contributed by atoms with Gasteiger partial charge in [0.1, 0.15) is 6.61 Å². The molecule has 0 amide bonds. The van der Waals surface area contributed by atoms with Gasteiger partial charge in [-0.15, -0.1) is 0 Å². The van der Waals surface area contributed by atoms with Crippen molar-refractivity contribution in [3.05, 3.63) is 97.2 Å². The van der Waals surface area contributed by atoms with Crippen molar-refractivity contribution in [1.82, 2.24) is 0 Å². The van der Waals surface area contributed by atoms with Crippen molar-refractivity contribution in [3.63, 3.8) is 0 Å². The van der Waals surface area contributed by atoms with Crippen molar-refractivity contribution in [3.8, 4) is 0 Å². The maximum atomic E-state index is 12.6. The van der Waals surface area contributed by atoms with Crippen molar-refractivity contribution >= 4 is 19.8 Å². The summed E-state index contributed by atoms with van der Waals surface area (Å²) in [6.07, 6.45) is 67.4. The lowest BCUT2D eigenvalue weighted by molar-refractivity contribution is -0.161. The second kappa shape index (κ2) is 51.3. The van der Waals surface area contributed by atoms with Gasteiger partial charge in [-0.2, -0.15) is 0 Å². The molecule has 0 radical (unpaired) electrons. The summed E-state index contributed by atoms with van der Waals surface area (Å²) < 4.78 is 32.9. The maximum absolute atomic E-state index is 12.6. The number of esters is 2. The molecule has 0 aromatic heterocycles. The van der Waals surface area contributed by atoms with Crippen LogP contribution in [0.3, 0.4) is 0 Å². The second-order valence-electron chi connectivity index (χ2n) is 17.0. The number of nitrogens with two attached hydrogens (primary N) is 1. The van der Waals surface area contributed by atoms with Crippen LogP contribution in [0.1, 0.15) is 213 Å². The number of rotatable bonds is 48. The molecule has 9 nitrogen and oxygen atoms in total. The summed E-state index contributed by atoms with van der Waals surface area (Å²) in [6.45, 7) is 3.57. The number of unbranched alkanes of at least 4 members (excludes halogenated alkanes) is 19. The summed E-state index contributed by atoms with van der Waals surface area (Å²) in [5, 5.41) is 0. The minimum atomic E-state index is -4.39. The summed E-state index contributed by atoms with van der Waals surface area (Å²) >= 11 is 0. The van der Waals surface area contributed by atoms with Crippen LogP contribution in [0.2, 0.25) is 0 Å². The summed E-state index contributed by atoms with van der Waals surface area (Å²) in [5.41, 5.74) is 5.36. The van der Waals surface area contributed by atoms with E-state index in [9.17, 15) is 19.0 Å². The van der Waals surface area contributed by atoms with E-state index < -0.39 is 32.5 Å². The normalized spacial score (nSPS) is 13.9. The monoisotopic (exact) mass is 942 g/mol. The van der Waals surface area contributed by atoms with Gasteiger partial charge < -0.3 is 20.1 Å². The number of carbonyl (C=O) groups is 2. The van der Waals surface area contributed by atoms with Gasteiger partial charge in [-0.1, -0.05) is 201 Å². The molecule has 2 atom stereocenters.